The normalized spacial score (nSPS) is 26.8. The number of hydrogen-bond donors (Lipinski definition) is 1. The van der Waals surface area contributed by atoms with Crippen LogP contribution in [0.3, 0.4) is 0 Å². The largest absolute Gasteiger partial charge is 0.385 e. The minimum absolute atomic E-state index is 0.260. The first-order valence-corrected chi connectivity index (χ1v) is 9.48. The van der Waals surface area contributed by atoms with Crippen molar-refractivity contribution in [3.05, 3.63) is 71.3 Å². The molecule has 1 fully saturated rings. The zero-order valence-corrected chi connectivity index (χ0v) is 15.8. The van der Waals surface area contributed by atoms with E-state index in [2.05, 4.69) is 80.5 Å². The highest BCUT2D eigenvalue weighted by Gasteiger charge is 2.47. The maximum Gasteiger partial charge on any atom is 0.0967 e. The van der Waals surface area contributed by atoms with Gasteiger partial charge in [0.2, 0.25) is 0 Å². The first-order valence-electron chi connectivity index (χ1n) is 9.48. The molecule has 1 saturated carbocycles. The molecule has 0 aromatic heterocycles. The molecule has 2 nitrogen and oxygen atoms in total. The number of aliphatic hydroxyl groups is 1. The molecule has 0 spiro atoms. The minimum atomic E-state index is -0.758. The van der Waals surface area contributed by atoms with E-state index < -0.39 is 5.60 Å². The Morgan fingerprint density at radius 1 is 0.960 bits per heavy atom. The summed E-state index contributed by atoms with van der Waals surface area (Å²) < 4.78 is 0. The van der Waals surface area contributed by atoms with E-state index in [4.69, 9.17) is 0 Å². The Hall–Kier alpha value is -1.64. The molecule has 3 atom stereocenters. The summed E-state index contributed by atoms with van der Waals surface area (Å²) in [6, 6.07) is 19.2. The van der Waals surface area contributed by atoms with Crippen molar-refractivity contribution < 1.29 is 5.11 Å². The Bertz CT molecular complexity index is 664. The standard InChI is InChI=1S/C23H31NO/c1-18-12-14-20(15-13-18)23(25)21(16-19-8-5-4-6-9-19)10-7-11-22(23)17-24(2)3/h4-6,8-9,12-15,21-22,25H,7,10-11,16-17H2,1-3H3. The third-order valence-corrected chi connectivity index (χ3v) is 5.77. The highest BCUT2D eigenvalue weighted by atomic mass is 16.3. The molecule has 3 unspecified atom stereocenters. The number of benzene rings is 2. The molecule has 0 heterocycles. The van der Waals surface area contributed by atoms with Crippen molar-refractivity contribution >= 4 is 0 Å². The molecule has 2 heteroatoms. The lowest BCUT2D eigenvalue weighted by Crippen LogP contribution is -2.49. The zero-order chi connectivity index (χ0) is 17.9. The molecule has 1 N–H and O–H groups in total. The van der Waals surface area contributed by atoms with Gasteiger partial charge in [-0.1, -0.05) is 66.6 Å². The summed E-state index contributed by atoms with van der Waals surface area (Å²) in [5, 5.41) is 12.0. The van der Waals surface area contributed by atoms with E-state index in [0.29, 0.717) is 0 Å². The van der Waals surface area contributed by atoms with Crippen LogP contribution in [0.1, 0.15) is 36.0 Å². The van der Waals surface area contributed by atoms with Gasteiger partial charge in [-0.2, -0.15) is 0 Å². The lowest BCUT2D eigenvalue weighted by Gasteiger charge is -2.47. The van der Waals surface area contributed by atoms with Crippen LogP contribution in [0.15, 0.2) is 54.6 Å². The monoisotopic (exact) mass is 337 g/mol. The fraction of sp³-hybridized carbons (Fsp3) is 0.478. The first-order chi connectivity index (χ1) is 12.0. The quantitative estimate of drug-likeness (QED) is 0.874. The average Bonchev–Trinajstić information content (AvgIpc) is 2.60. The van der Waals surface area contributed by atoms with E-state index in [1.54, 1.807) is 0 Å². The molecule has 0 amide bonds. The molecular formula is C23H31NO. The van der Waals surface area contributed by atoms with E-state index in [1.165, 1.54) is 17.5 Å². The van der Waals surface area contributed by atoms with E-state index in [9.17, 15) is 5.11 Å². The van der Waals surface area contributed by atoms with Crippen LogP contribution in [0.4, 0.5) is 0 Å². The van der Waals surface area contributed by atoms with Crippen LogP contribution in [0.25, 0.3) is 0 Å². The van der Waals surface area contributed by atoms with E-state index >= 15 is 0 Å². The highest BCUT2D eigenvalue weighted by molar-refractivity contribution is 5.30. The van der Waals surface area contributed by atoms with Gasteiger partial charge in [-0.15, -0.1) is 0 Å². The van der Waals surface area contributed by atoms with Crippen molar-refractivity contribution in [3.8, 4) is 0 Å². The molecule has 1 aliphatic carbocycles. The van der Waals surface area contributed by atoms with Crippen LogP contribution in [0.2, 0.25) is 0 Å². The van der Waals surface area contributed by atoms with Gasteiger partial charge < -0.3 is 10.0 Å². The molecule has 2 aromatic rings. The number of aryl methyl sites for hydroxylation is 1. The minimum Gasteiger partial charge on any atom is -0.385 e. The molecule has 0 aliphatic heterocycles. The second-order valence-electron chi connectivity index (χ2n) is 7.97. The summed E-state index contributed by atoms with van der Waals surface area (Å²) in [5.74, 6) is 0.531. The van der Waals surface area contributed by atoms with Gasteiger partial charge in [0.25, 0.3) is 0 Å². The smallest absolute Gasteiger partial charge is 0.0967 e. The van der Waals surface area contributed by atoms with E-state index in [1.807, 2.05) is 0 Å². The van der Waals surface area contributed by atoms with Crippen LogP contribution in [0.5, 0.6) is 0 Å². The van der Waals surface area contributed by atoms with Gasteiger partial charge in [-0.25, -0.2) is 0 Å². The molecule has 25 heavy (non-hydrogen) atoms. The maximum atomic E-state index is 12.0. The van der Waals surface area contributed by atoms with Gasteiger partial charge >= 0.3 is 0 Å². The Kier molecular flexibility index (Phi) is 5.61. The molecule has 1 aliphatic rings. The Morgan fingerprint density at radius 2 is 1.60 bits per heavy atom. The lowest BCUT2D eigenvalue weighted by molar-refractivity contribution is -0.107. The van der Waals surface area contributed by atoms with Gasteiger partial charge in [0, 0.05) is 12.5 Å². The summed E-state index contributed by atoms with van der Waals surface area (Å²) in [5.41, 5.74) is 2.90. The van der Waals surface area contributed by atoms with Gasteiger partial charge in [-0.05, 0) is 57.3 Å². The summed E-state index contributed by atoms with van der Waals surface area (Å²) >= 11 is 0. The van der Waals surface area contributed by atoms with E-state index in [-0.39, 0.29) is 11.8 Å². The van der Waals surface area contributed by atoms with Gasteiger partial charge in [0.15, 0.2) is 0 Å². The van der Waals surface area contributed by atoms with Gasteiger partial charge in [0.05, 0.1) is 5.60 Å². The molecule has 2 aromatic carbocycles. The van der Waals surface area contributed by atoms with Gasteiger partial charge in [-0.3, -0.25) is 0 Å². The van der Waals surface area contributed by atoms with Gasteiger partial charge in [0.1, 0.15) is 0 Å². The summed E-state index contributed by atoms with van der Waals surface area (Å²) in [6.07, 6.45) is 4.32. The van der Waals surface area contributed by atoms with E-state index in [0.717, 1.165) is 31.4 Å². The topological polar surface area (TPSA) is 23.5 Å². The van der Waals surface area contributed by atoms with Crippen molar-refractivity contribution in [3.63, 3.8) is 0 Å². The predicted molar refractivity (Wildman–Crippen MR) is 105 cm³/mol. The molecule has 0 bridgehead atoms. The van der Waals surface area contributed by atoms with Crippen LogP contribution < -0.4 is 0 Å². The summed E-state index contributed by atoms with van der Waals surface area (Å²) in [4.78, 5) is 2.22. The SMILES string of the molecule is Cc1ccc(C2(O)C(Cc3ccccc3)CCCC2CN(C)C)cc1. The number of nitrogens with zero attached hydrogens (tertiary/aromatic N) is 1. The second kappa shape index (κ2) is 7.72. The van der Waals surface area contributed by atoms with Crippen molar-refractivity contribution in [1.82, 2.24) is 4.90 Å². The number of rotatable bonds is 5. The fourth-order valence-electron chi connectivity index (χ4n) is 4.50. The van der Waals surface area contributed by atoms with Crippen LogP contribution in [-0.2, 0) is 12.0 Å². The van der Waals surface area contributed by atoms with Crippen molar-refractivity contribution in [2.75, 3.05) is 20.6 Å². The molecule has 3 rings (SSSR count). The van der Waals surface area contributed by atoms with Crippen molar-refractivity contribution in [1.29, 1.82) is 0 Å². The summed E-state index contributed by atoms with van der Waals surface area (Å²) in [6.45, 7) is 3.03. The first kappa shape index (κ1) is 18.2. The lowest BCUT2D eigenvalue weighted by atomic mass is 9.63. The Morgan fingerprint density at radius 3 is 2.24 bits per heavy atom. The van der Waals surface area contributed by atoms with Crippen molar-refractivity contribution in [2.45, 2.75) is 38.2 Å². The molecular weight excluding hydrogens is 306 g/mol. The van der Waals surface area contributed by atoms with Crippen LogP contribution >= 0.6 is 0 Å². The average molecular weight is 338 g/mol. The Balaban J connectivity index is 1.97. The fourth-order valence-corrected chi connectivity index (χ4v) is 4.50. The second-order valence-corrected chi connectivity index (χ2v) is 7.97. The number of hydrogen-bond acceptors (Lipinski definition) is 2. The Labute approximate surface area is 152 Å². The molecule has 0 radical (unpaired) electrons. The predicted octanol–water partition coefficient (Wildman–Crippen LogP) is 4.40. The highest BCUT2D eigenvalue weighted by Crippen LogP contribution is 2.47. The third kappa shape index (κ3) is 3.96. The zero-order valence-electron chi connectivity index (χ0n) is 15.8. The third-order valence-electron chi connectivity index (χ3n) is 5.77. The maximum absolute atomic E-state index is 12.0. The van der Waals surface area contributed by atoms with Crippen molar-refractivity contribution in [2.24, 2.45) is 11.8 Å². The molecule has 134 valence electrons. The molecule has 0 saturated heterocycles. The van der Waals surface area contributed by atoms with Crippen LogP contribution in [-0.4, -0.2) is 30.6 Å². The van der Waals surface area contributed by atoms with Crippen LogP contribution in [0, 0.1) is 18.8 Å². The summed E-state index contributed by atoms with van der Waals surface area (Å²) in [7, 11) is 4.22.